The molecular weight excluding hydrogens is 290 g/mol. The topological polar surface area (TPSA) is 102 Å². The van der Waals surface area contributed by atoms with Gasteiger partial charge in [-0.15, -0.1) is 10.2 Å². The van der Waals surface area contributed by atoms with Crippen LogP contribution in [0.3, 0.4) is 0 Å². The molecule has 1 aromatic heterocycles. The van der Waals surface area contributed by atoms with Crippen LogP contribution in [-0.2, 0) is 27.6 Å². The number of aromatic nitrogens is 3. The average Bonchev–Trinajstić information content (AvgIpc) is 2.67. The fraction of sp³-hybridized carbons (Fsp3) is 0.700. The van der Waals surface area contributed by atoms with Crippen LogP contribution in [-0.4, -0.2) is 52.0 Å². The van der Waals surface area contributed by atoms with Crippen molar-refractivity contribution in [2.24, 2.45) is 0 Å². The molecule has 0 aromatic carbocycles. The standard InChI is InChI=1S/C10H17N3O4S2/c1-3-8-11-12-10(18-7-9(14)15)13(8)5-4-6-19(2,16)17/h3-7H2,1-2H3,(H,14,15). The van der Waals surface area contributed by atoms with Crippen LogP contribution in [0.15, 0.2) is 5.16 Å². The van der Waals surface area contributed by atoms with Crippen molar-refractivity contribution in [2.75, 3.05) is 17.8 Å². The predicted molar refractivity (Wildman–Crippen MR) is 72.1 cm³/mol. The van der Waals surface area contributed by atoms with Crippen LogP contribution >= 0.6 is 11.8 Å². The van der Waals surface area contributed by atoms with Crippen LogP contribution in [0.4, 0.5) is 0 Å². The number of carboxylic acids is 1. The molecule has 0 unspecified atom stereocenters. The van der Waals surface area contributed by atoms with Crippen LogP contribution in [0.2, 0.25) is 0 Å². The van der Waals surface area contributed by atoms with Gasteiger partial charge in [0.05, 0.1) is 11.5 Å². The third kappa shape index (κ3) is 5.60. The van der Waals surface area contributed by atoms with Crippen molar-refractivity contribution in [1.82, 2.24) is 14.8 Å². The molecular formula is C10H17N3O4S2. The summed E-state index contributed by atoms with van der Waals surface area (Å²) in [5.41, 5.74) is 0. The first kappa shape index (κ1) is 16.0. The molecule has 1 heterocycles. The minimum absolute atomic E-state index is 0.0894. The molecule has 0 amide bonds. The molecule has 0 saturated carbocycles. The molecule has 19 heavy (non-hydrogen) atoms. The lowest BCUT2D eigenvalue weighted by molar-refractivity contribution is -0.133. The first-order valence-corrected chi connectivity index (χ1v) is 8.82. The predicted octanol–water partition coefficient (Wildman–Crippen LogP) is 0.452. The van der Waals surface area contributed by atoms with Crippen molar-refractivity contribution in [3.05, 3.63) is 5.82 Å². The van der Waals surface area contributed by atoms with Gasteiger partial charge in [0.2, 0.25) is 0 Å². The number of hydrogen-bond acceptors (Lipinski definition) is 6. The second-order valence-electron chi connectivity index (χ2n) is 4.07. The summed E-state index contributed by atoms with van der Waals surface area (Å²) in [5.74, 6) is -0.180. The molecule has 0 radical (unpaired) electrons. The summed E-state index contributed by atoms with van der Waals surface area (Å²) < 4.78 is 24.0. The van der Waals surface area contributed by atoms with Crippen LogP contribution < -0.4 is 0 Å². The molecule has 1 aromatic rings. The van der Waals surface area contributed by atoms with Crippen molar-refractivity contribution in [3.8, 4) is 0 Å². The zero-order valence-corrected chi connectivity index (χ0v) is 12.5. The van der Waals surface area contributed by atoms with E-state index in [1.165, 1.54) is 6.26 Å². The smallest absolute Gasteiger partial charge is 0.313 e. The zero-order valence-electron chi connectivity index (χ0n) is 10.9. The first-order chi connectivity index (χ1) is 8.83. The number of hydrogen-bond donors (Lipinski definition) is 1. The monoisotopic (exact) mass is 307 g/mol. The molecule has 1 N–H and O–H groups in total. The van der Waals surface area contributed by atoms with Crippen molar-refractivity contribution in [2.45, 2.75) is 31.5 Å². The highest BCUT2D eigenvalue weighted by molar-refractivity contribution is 7.99. The molecule has 0 bridgehead atoms. The second-order valence-corrected chi connectivity index (χ2v) is 7.27. The summed E-state index contributed by atoms with van der Waals surface area (Å²) in [4.78, 5) is 10.5. The number of aliphatic carboxylic acids is 1. The Bertz CT molecular complexity index is 539. The van der Waals surface area contributed by atoms with E-state index in [0.717, 1.165) is 17.6 Å². The zero-order chi connectivity index (χ0) is 14.5. The Morgan fingerprint density at radius 2 is 2.11 bits per heavy atom. The van der Waals surface area contributed by atoms with E-state index in [1.54, 1.807) is 4.57 Å². The van der Waals surface area contributed by atoms with Gasteiger partial charge in [-0.2, -0.15) is 0 Å². The molecule has 0 spiro atoms. The highest BCUT2D eigenvalue weighted by atomic mass is 32.2. The molecule has 7 nitrogen and oxygen atoms in total. The molecule has 0 fully saturated rings. The largest absolute Gasteiger partial charge is 0.481 e. The second kappa shape index (κ2) is 6.90. The SMILES string of the molecule is CCc1nnc(SCC(=O)O)n1CCCS(C)(=O)=O. The molecule has 0 aliphatic heterocycles. The maximum Gasteiger partial charge on any atom is 0.313 e. The van der Waals surface area contributed by atoms with E-state index in [2.05, 4.69) is 10.2 Å². The Labute approximate surface area is 116 Å². The van der Waals surface area contributed by atoms with Crippen LogP contribution in [0, 0.1) is 0 Å². The van der Waals surface area contributed by atoms with Gasteiger partial charge in [-0.1, -0.05) is 18.7 Å². The summed E-state index contributed by atoms with van der Waals surface area (Å²) in [5, 5.41) is 17.1. The average molecular weight is 307 g/mol. The van der Waals surface area contributed by atoms with Gasteiger partial charge >= 0.3 is 5.97 Å². The first-order valence-electron chi connectivity index (χ1n) is 5.78. The Balaban J connectivity index is 2.72. The third-order valence-corrected chi connectivity index (χ3v) is 4.31. The lowest BCUT2D eigenvalue weighted by Crippen LogP contribution is -2.11. The van der Waals surface area contributed by atoms with Crippen molar-refractivity contribution >= 4 is 27.6 Å². The van der Waals surface area contributed by atoms with E-state index in [0.29, 0.717) is 24.5 Å². The molecule has 9 heteroatoms. The number of aryl methyl sites for hydroxylation is 1. The van der Waals surface area contributed by atoms with Gasteiger partial charge in [0.1, 0.15) is 15.7 Å². The number of carboxylic acid groups (broad SMARTS) is 1. The van der Waals surface area contributed by atoms with E-state index in [4.69, 9.17) is 5.11 Å². The minimum atomic E-state index is -2.99. The normalized spacial score (nSPS) is 11.7. The van der Waals surface area contributed by atoms with Crippen LogP contribution in [0.5, 0.6) is 0 Å². The molecule has 0 aliphatic rings. The summed E-state index contributed by atoms with van der Waals surface area (Å²) in [6.45, 7) is 2.40. The van der Waals surface area contributed by atoms with E-state index >= 15 is 0 Å². The molecule has 108 valence electrons. The Morgan fingerprint density at radius 1 is 1.42 bits per heavy atom. The number of thioether (sulfide) groups is 1. The van der Waals surface area contributed by atoms with E-state index < -0.39 is 15.8 Å². The fourth-order valence-electron chi connectivity index (χ4n) is 1.52. The van der Waals surface area contributed by atoms with Crippen LogP contribution in [0.25, 0.3) is 0 Å². The maximum absolute atomic E-state index is 11.1. The summed E-state index contributed by atoms with van der Waals surface area (Å²) in [7, 11) is -2.99. The van der Waals surface area contributed by atoms with E-state index in [-0.39, 0.29) is 11.5 Å². The third-order valence-electron chi connectivity index (χ3n) is 2.33. The van der Waals surface area contributed by atoms with Crippen molar-refractivity contribution < 1.29 is 18.3 Å². The maximum atomic E-state index is 11.1. The van der Waals surface area contributed by atoms with E-state index in [1.807, 2.05) is 6.92 Å². The van der Waals surface area contributed by atoms with Gasteiger partial charge in [0, 0.05) is 19.2 Å². The Kier molecular flexibility index (Phi) is 5.80. The van der Waals surface area contributed by atoms with Gasteiger partial charge in [-0.05, 0) is 6.42 Å². The van der Waals surface area contributed by atoms with Gasteiger partial charge in [0.15, 0.2) is 5.16 Å². The lowest BCUT2D eigenvalue weighted by Gasteiger charge is -2.08. The molecule has 1 rings (SSSR count). The number of sulfone groups is 1. The van der Waals surface area contributed by atoms with Crippen molar-refractivity contribution in [1.29, 1.82) is 0 Å². The molecule has 0 aliphatic carbocycles. The van der Waals surface area contributed by atoms with Gasteiger partial charge in [-0.3, -0.25) is 4.79 Å². The lowest BCUT2D eigenvalue weighted by atomic mass is 10.4. The van der Waals surface area contributed by atoms with Crippen LogP contribution in [0.1, 0.15) is 19.2 Å². The number of carbonyl (C=O) groups is 1. The summed E-state index contributed by atoms with van der Waals surface area (Å²) in [6.07, 6.45) is 2.32. The number of rotatable bonds is 8. The summed E-state index contributed by atoms with van der Waals surface area (Å²) in [6, 6.07) is 0. The Hall–Kier alpha value is -1.09. The Morgan fingerprint density at radius 3 is 2.63 bits per heavy atom. The van der Waals surface area contributed by atoms with Gasteiger partial charge in [0.25, 0.3) is 0 Å². The van der Waals surface area contributed by atoms with Gasteiger partial charge in [-0.25, -0.2) is 8.42 Å². The molecule has 0 saturated heterocycles. The summed E-state index contributed by atoms with van der Waals surface area (Å²) >= 11 is 1.09. The fourth-order valence-corrected chi connectivity index (χ4v) is 2.88. The quantitative estimate of drug-likeness (QED) is 0.696. The highest BCUT2D eigenvalue weighted by Crippen LogP contribution is 2.17. The highest BCUT2D eigenvalue weighted by Gasteiger charge is 2.13. The van der Waals surface area contributed by atoms with Gasteiger partial charge < -0.3 is 9.67 Å². The van der Waals surface area contributed by atoms with E-state index in [9.17, 15) is 13.2 Å². The molecule has 0 atom stereocenters. The minimum Gasteiger partial charge on any atom is -0.481 e. The van der Waals surface area contributed by atoms with Crippen molar-refractivity contribution in [3.63, 3.8) is 0 Å². The number of nitrogens with zero attached hydrogens (tertiary/aromatic N) is 3.